The molecule has 3 fully saturated rings. The molecule has 216 valence electrons. The fourth-order valence-electron chi connectivity index (χ4n) is 7.04. The van der Waals surface area contributed by atoms with Crippen molar-refractivity contribution in [3.8, 4) is 5.75 Å². The van der Waals surface area contributed by atoms with Crippen molar-refractivity contribution in [2.45, 2.75) is 69.9 Å². The maximum Gasteiger partial charge on any atom is 0.246 e. The van der Waals surface area contributed by atoms with Crippen LogP contribution in [0.15, 0.2) is 60.7 Å². The Morgan fingerprint density at radius 2 is 1.80 bits per heavy atom. The lowest BCUT2D eigenvalue weighted by Crippen LogP contribution is -2.57. The summed E-state index contributed by atoms with van der Waals surface area (Å²) in [4.78, 5) is 43.4. The Hall–Kier alpha value is -3.72. The van der Waals surface area contributed by atoms with Gasteiger partial charge in [-0.15, -0.1) is 0 Å². The molecule has 2 bridgehead atoms. The monoisotopic (exact) mass is 561 g/mol. The van der Waals surface area contributed by atoms with E-state index in [1.807, 2.05) is 6.92 Å². The van der Waals surface area contributed by atoms with Crippen LogP contribution in [-0.2, 0) is 25.7 Å². The molecule has 1 saturated carbocycles. The predicted octanol–water partition coefficient (Wildman–Crippen LogP) is 4.21. The molecule has 41 heavy (non-hydrogen) atoms. The van der Waals surface area contributed by atoms with Gasteiger partial charge in [0.2, 0.25) is 17.7 Å². The standard InChI is InChI=1S/C32H36FN3O5/c1-3-40-23-14-12-22(13-15-23)34-29(37)26-25-16-17-32(41-25)27(26)31(39)36(18-20-8-10-21(33)11-9-20)28(32)30(38)35-24-7-5-4-6-19(24)2/h8-17,19,24-28H,3-7,18H2,1-2H3,(H,34,37)(H,35,38)/t19-,24+,25-,26+,27-,28-,32-/m0/s1. The summed E-state index contributed by atoms with van der Waals surface area (Å²) >= 11 is 0. The minimum Gasteiger partial charge on any atom is -0.494 e. The fraction of sp³-hybridized carbons (Fsp3) is 0.469. The summed E-state index contributed by atoms with van der Waals surface area (Å²) in [5.41, 5.74) is 0.00671. The zero-order chi connectivity index (χ0) is 28.7. The Morgan fingerprint density at radius 1 is 1.07 bits per heavy atom. The van der Waals surface area contributed by atoms with Gasteiger partial charge >= 0.3 is 0 Å². The molecule has 2 N–H and O–H groups in total. The lowest BCUT2D eigenvalue weighted by molar-refractivity contribution is -0.142. The molecule has 6 rings (SSSR count). The number of nitrogens with zero attached hydrogens (tertiary/aromatic N) is 1. The Labute approximate surface area is 239 Å². The van der Waals surface area contributed by atoms with Crippen LogP contribution in [0.2, 0.25) is 0 Å². The third-order valence-electron chi connectivity index (χ3n) is 9.06. The van der Waals surface area contributed by atoms with Crippen LogP contribution >= 0.6 is 0 Å². The molecule has 3 amide bonds. The van der Waals surface area contributed by atoms with Gasteiger partial charge in [0.15, 0.2) is 0 Å². The summed E-state index contributed by atoms with van der Waals surface area (Å²) < 4.78 is 25.6. The number of benzene rings is 2. The molecule has 2 aromatic rings. The molecular formula is C32H36FN3O5. The van der Waals surface area contributed by atoms with Gasteiger partial charge in [-0.25, -0.2) is 4.39 Å². The van der Waals surface area contributed by atoms with Crippen molar-refractivity contribution in [3.63, 3.8) is 0 Å². The minimum absolute atomic E-state index is 0.0100. The second-order valence-corrected chi connectivity index (χ2v) is 11.6. The van der Waals surface area contributed by atoms with Crippen LogP contribution in [0.3, 0.4) is 0 Å². The van der Waals surface area contributed by atoms with Gasteiger partial charge in [0.25, 0.3) is 0 Å². The molecule has 9 heteroatoms. The van der Waals surface area contributed by atoms with Crippen LogP contribution in [0, 0.1) is 23.6 Å². The molecular weight excluding hydrogens is 525 g/mol. The molecule has 8 nitrogen and oxygen atoms in total. The second-order valence-electron chi connectivity index (χ2n) is 11.6. The smallest absolute Gasteiger partial charge is 0.246 e. The van der Waals surface area contributed by atoms with Crippen molar-refractivity contribution in [3.05, 3.63) is 72.1 Å². The normalized spacial score (nSPS) is 31.7. The van der Waals surface area contributed by atoms with Crippen molar-refractivity contribution < 1.29 is 28.2 Å². The molecule has 1 spiro atoms. The van der Waals surface area contributed by atoms with E-state index in [0.29, 0.717) is 29.5 Å². The average Bonchev–Trinajstić information content (AvgIpc) is 3.60. The van der Waals surface area contributed by atoms with E-state index in [9.17, 15) is 18.8 Å². The van der Waals surface area contributed by atoms with Crippen molar-refractivity contribution in [2.75, 3.05) is 11.9 Å². The fourth-order valence-corrected chi connectivity index (χ4v) is 7.04. The quantitative estimate of drug-likeness (QED) is 0.471. The summed E-state index contributed by atoms with van der Waals surface area (Å²) in [5.74, 6) is -1.96. The maximum absolute atomic E-state index is 14.2. The summed E-state index contributed by atoms with van der Waals surface area (Å²) in [6.45, 7) is 4.67. The largest absolute Gasteiger partial charge is 0.494 e. The minimum atomic E-state index is -1.26. The average molecular weight is 562 g/mol. The van der Waals surface area contributed by atoms with Gasteiger partial charge in [-0.2, -0.15) is 0 Å². The van der Waals surface area contributed by atoms with E-state index in [4.69, 9.17) is 9.47 Å². The summed E-state index contributed by atoms with van der Waals surface area (Å²) in [5, 5.41) is 6.16. The van der Waals surface area contributed by atoms with E-state index in [1.165, 1.54) is 17.0 Å². The lowest BCUT2D eigenvalue weighted by atomic mass is 9.74. The Balaban J connectivity index is 1.29. The van der Waals surface area contributed by atoms with Crippen molar-refractivity contribution >= 4 is 23.4 Å². The van der Waals surface area contributed by atoms with E-state index in [1.54, 1.807) is 48.6 Å². The topological polar surface area (TPSA) is 97.0 Å². The zero-order valence-corrected chi connectivity index (χ0v) is 23.3. The number of likely N-dealkylation sites (tertiary alicyclic amines) is 1. The highest BCUT2D eigenvalue weighted by atomic mass is 19.1. The van der Waals surface area contributed by atoms with Gasteiger partial charge in [0.1, 0.15) is 23.2 Å². The number of hydrogen-bond acceptors (Lipinski definition) is 5. The molecule has 4 aliphatic rings. The lowest BCUT2D eigenvalue weighted by Gasteiger charge is -2.36. The number of carbonyl (C=O) groups excluding carboxylic acids is 3. The van der Waals surface area contributed by atoms with E-state index in [-0.39, 0.29) is 36.1 Å². The molecule has 0 unspecified atom stereocenters. The van der Waals surface area contributed by atoms with E-state index in [0.717, 1.165) is 25.7 Å². The van der Waals surface area contributed by atoms with Crippen LogP contribution in [-0.4, -0.2) is 53.0 Å². The molecule has 3 heterocycles. The summed E-state index contributed by atoms with van der Waals surface area (Å²) in [7, 11) is 0. The highest BCUT2D eigenvalue weighted by molar-refractivity contribution is 6.02. The predicted molar refractivity (Wildman–Crippen MR) is 150 cm³/mol. The van der Waals surface area contributed by atoms with Gasteiger partial charge in [-0.05, 0) is 67.6 Å². The van der Waals surface area contributed by atoms with Gasteiger partial charge in [0.05, 0.1) is 24.5 Å². The molecule has 0 radical (unpaired) electrons. The number of fused-ring (bicyclic) bond motifs is 1. The van der Waals surface area contributed by atoms with Crippen molar-refractivity contribution in [1.82, 2.24) is 10.2 Å². The Kier molecular flexibility index (Phi) is 7.32. The SMILES string of the molecule is CCOc1ccc(NC(=O)[C@@H]2[C@@H]3C=C[C@]4(O3)[C@@H]2C(=O)N(Cc2ccc(F)cc2)[C@H]4C(=O)N[C@@H]2CCCC[C@@H]2C)cc1. The number of halogens is 1. The van der Waals surface area contributed by atoms with Gasteiger partial charge in [0, 0.05) is 18.3 Å². The third kappa shape index (κ3) is 4.90. The van der Waals surface area contributed by atoms with Crippen LogP contribution in [0.1, 0.15) is 45.1 Å². The number of nitrogens with one attached hydrogen (secondary N) is 2. The van der Waals surface area contributed by atoms with Gasteiger partial charge in [-0.1, -0.05) is 44.1 Å². The number of carbonyl (C=O) groups is 3. The number of anilines is 1. The first-order valence-corrected chi connectivity index (χ1v) is 14.6. The Morgan fingerprint density at radius 3 is 2.51 bits per heavy atom. The molecule has 7 atom stereocenters. The van der Waals surface area contributed by atoms with Crippen molar-refractivity contribution in [1.29, 1.82) is 0 Å². The first-order chi connectivity index (χ1) is 19.8. The third-order valence-corrected chi connectivity index (χ3v) is 9.06. The summed E-state index contributed by atoms with van der Waals surface area (Å²) in [6.07, 6.45) is 7.08. The van der Waals surface area contributed by atoms with Crippen LogP contribution in [0.25, 0.3) is 0 Å². The van der Waals surface area contributed by atoms with E-state index >= 15 is 0 Å². The second kappa shape index (κ2) is 10.9. The van der Waals surface area contributed by atoms with Crippen LogP contribution in [0.5, 0.6) is 5.75 Å². The highest BCUT2D eigenvalue weighted by Crippen LogP contribution is 2.55. The highest BCUT2D eigenvalue weighted by Gasteiger charge is 2.72. The zero-order valence-electron chi connectivity index (χ0n) is 23.3. The number of rotatable bonds is 8. The van der Waals surface area contributed by atoms with E-state index < -0.39 is 29.6 Å². The number of amides is 3. The first-order valence-electron chi connectivity index (χ1n) is 14.6. The maximum atomic E-state index is 14.2. The summed E-state index contributed by atoms with van der Waals surface area (Å²) in [6, 6.07) is 12.0. The van der Waals surface area contributed by atoms with Gasteiger partial charge < -0.3 is 25.0 Å². The van der Waals surface area contributed by atoms with E-state index in [2.05, 4.69) is 17.6 Å². The number of ether oxygens (including phenoxy) is 2. The molecule has 2 saturated heterocycles. The van der Waals surface area contributed by atoms with Crippen molar-refractivity contribution in [2.24, 2.45) is 17.8 Å². The first kappa shape index (κ1) is 27.4. The Bertz CT molecular complexity index is 1350. The molecule has 1 aliphatic carbocycles. The molecule has 3 aliphatic heterocycles. The van der Waals surface area contributed by atoms with Crippen LogP contribution < -0.4 is 15.4 Å². The van der Waals surface area contributed by atoms with Crippen LogP contribution in [0.4, 0.5) is 10.1 Å². The molecule has 0 aromatic heterocycles. The molecule has 2 aromatic carbocycles. The van der Waals surface area contributed by atoms with Gasteiger partial charge in [-0.3, -0.25) is 14.4 Å². The number of hydrogen-bond donors (Lipinski definition) is 2.